The van der Waals surface area contributed by atoms with E-state index in [-0.39, 0.29) is 6.10 Å². The molecule has 0 radical (unpaired) electrons. The Morgan fingerprint density at radius 1 is 1.36 bits per heavy atom. The first-order valence-electron chi connectivity index (χ1n) is 4.65. The van der Waals surface area contributed by atoms with Crippen LogP contribution >= 0.6 is 0 Å². The van der Waals surface area contributed by atoms with E-state index in [1.54, 1.807) is 0 Å². The molecule has 0 saturated carbocycles. The van der Waals surface area contributed by atoms with Gasteiger partial charge in [-0.25, -0.2) is 0 Å². The number of nitrogens with zero attached hydrogens (tertiary/aromatic N) is 1. The molecule has 1 atom stereocenters. The Labute approximate surface area is 82.9 Å². The lowest BCUT2D eigenvalue weighted by Gasteiger charge is -2.25. The molecule has 1 aliphatic heterocycles. The van der Waals surface area contributed by atoms with Crippen molar-refractivity contribution in [2.75, 3.05) is 6.61 Å². The topological polar surface area (TPSA) is 42.2 Å². The summed E-state index contributed by atoms with van der Waals surface area (Å²) in [5.74, 6) is 1.57. The molecule has 14 heavy (non-hydrogen) atoms. The molecule has 0 spiro atoms. The van der Waals surface area contributed by atoms with Crippen molar-refractivity contribution in [1.82, 2.24) is 0 Å². The van der Waals surface area contributed by atoms with Gasteiger partial charge in [0.2, 0.25) is 0 Å². The molecule has 1 heterocycles. The molecule has 0 aliphatic carbocycles. The second-order valence-corrected chi connectivity index (χ2v) is 3.19. The van der Waals surface area contributed by atoms with Crippen molar-refractivity contribution in [3.63, 3.8) is 0 Å². The van der Waals surface area contributed by atoms with E-state index >= 15 is 0 Å². The van der Waals surface area contributed by atoms with Gasteiger partial charge in [-0.05, 0) is 12.1 Å². The lowest BCUT2D eigenvalue weighted by Crippen LogP contribution is -2.28. The highest BCUT2D eigenvalue weighted by Gasteiger charge is 2.19. The van der Waals surface area contributed by atoms with Crippen LogP contribution in [0.25, 0.3) is 0 Å². The lowest BCUT2D eigenvalue weighted by molar-refractivity contribution is 0.0859. The Morgan fingerprint density at radius 3 is 2.93 bits per heavy atom. The summed E-state index contributed by atoms with van der Waals surface area (Å²) in [4.78, 5) is 0. The molecule has 0 saturated heterocycles. The van der Waals surface area contributed by atoms with Crippen LogP contribution in [0.15, 0.2) is 24.3 Å². The van der Waals surface area contributed by atoms with Crippen molar-refractivity contribution in [3.05, 3.63) is 24.3 Å². The minimum Gasteiger partial charge on any atom is -0.486 e. The maximum absolute atomic E-state index is 8.45. The van der Waals surface area contributed by atoms with E-state index in [0.29, 0.717) is 13.0 Å². The fourth-order valence-electron chi connectivity index (χ4n) is 1.43. The molecule has 1 aromatic carbocycles. The first-order chi connectivity index (χ1) is 6.90. The molecule has 3 heteroatoms. The van der Waals surface area contributed by atoms with E-state index in [4.69, 9.17) is 14.7 Å². The maximum atomic E-state index is 8.45. The number of nitriles is 1. The van der Waals surface area contributed by atoms with Gasteiger partial charge in [0.25, 0.3) is 0 Å². The molecule has 0 N–H and O–H groups in total. The first-order valence-corrected chi connectivity index (χ1v) is 4.65. The van der Waals surface area contributed by atoms with Crippen molar-refractivity contribution in [3.8, 4) is 17.6 Å². The smallest absolute Gasteiger partial charge is 0.161 e. The van der Waals surface area contributed by atoms with Gasteiger partial charge in [-0.1, -0.05) is 12.1 Å². The fourth-order valence-corrected chi connectivity index (χ4v) is 1.43. The molecular weight excluding hydrogens is 178 g/mol. The number of para-hydroxylation sites is 2. The van der Waals surface area contributed by atoms with Crippen LogP contribution in [0, 0.1) is 11.3 Å². The number of fused-ring (bicyclic) bond motifs is 1. The minimum atomic E-state index is 0.0181. The molecule has 2 rings (SSSR count). The molecule has 3 nitrogen and oxygen atoms in total. The monoisotopic (exact) mass is 189 g/mol. The predicted octanol–water partition coefficient (Wildman–Crippen LogP) is 2.13. The lowest BCUT2D eigenvalue weighted by atomic mass is 10.2. The summed E-state index contributed by atoms with van der Waals surface area (Å²) in [5.41, 5.74) is 0. The van der Waals surface area contributed by atoms with Crippen LogP contribution in [-0.4, -0.2) is 12.7 Å². The number of rotatable bonds is 2. The van der Waals surface area contributed by atoms with Crippen molar-refractivity contribution in [2.45, 2.75) is 18.9 Å². The second-order valence-electron chi connectivity index (χ2n) is 3.19. The van der Waals surface area contributed by atoms with E-state index in [1.807, 2.05) is 24.3 Å². The Bertz CT molecular complexity index is 357. The largest absolute Gasteiger partial charge is 0.486 e. The average Bonchev–Trinajstić information content (AvgIpc) is 2.26. The fraction of sp³-hybridized carbons (Fsp3) is 0.364. The quantitative estimate of drug-likeness (QED) is 0.715. The van der Waals surface area contributed by atoms with Gasteiger partial charge >= 0.3 is 0 Å². The van der Waals surface area contributed by atoms with E-state index < -0.39 is 0 Å². The highest BCUT2D eigenvalue weighted by molar-refractivity contribution is 5.40. The molecule has 0 aromatic heterocycles. The van der Waals surface area contributed by atoms with Gasteiger partial charge in [0, 0.05) is 12.8 Å². The summed E-state index contributed by atoms with van der Waals surface area (Å²) in [6.45, 7) is 0.540. The molecule has 1 unspecified atom stereocenters. The molecule has 72 valence electrons. The average molecular weight is 189 g/mol. The number of ether oxygens (including phenoxy) is 2. The zero-order chi connectivity index (χ0) is 9.80. The Hall–Kier alpha value is -1.69. The van der Waals surface area contributed by atoms with Crippen LogP contribution < -0.4 is 9.47 Å². The summed E-state index contributed by atoms with van der Waals surface area (Å²) in [6, 6.07) is 9.70. The second kappa shape index (κ2) is 4.01. The van der Waals surface area contributed by atoms with Gasteiger partial charge in [-0.3, -0.25) is 0 Å². The van der Waals surface area contributed by atoms with Crippen LogP contribution in [0.3, 0.4) is 0 Å². The molecule has 1 aliphatic rings. The Morgan fingerprint density at radius 2 is 2.14 bits per heavy atom. The summed E-state index contributed by atoms with van der Waals surface area (Å²) in [6.07, 6.45) is 1.26. The highest BCUT2D eigenvalue weighted by Crippen LogP contribution is 2.31. The summed E-state index contributed by atoms with van der Waals surface area (Å²) >= 11 is 0. The number of hydrogen-bond donors (Lipinski definition) is 0. The molecule has 1 aromatic rings. The zero-order valence-electron chi connectivity index (χ0n) is 7.77. The molecular formula is C11H11NO2. The van der Waals surface area contributed by atoms with E-state index in [9.17, 15) is 0 Å². The van der Waals surface area contributed by atoms with Crippen LogP contribution in [0.5, 0.6) is 11.5 Å². The number of hydrogen-bond acceptors (Lipinski definition) is 3. The van der Waals surface area contributed by atoms with Crippen molar-refractivity contribution in [1.29, 1.82) is 5.26 Å². The van der Waals surface area contributed by atoms with Gasteiger partial charge in [-0.2, -0.15) is 5.26 Å². The highest BCUT2D eigenvalue weighted by atomic mass is 16.6. The van der Waals surface area contributed by atoms with Gasteiger partial charge in [-0.15, -0.1) is 0 Å². The van der Waals surface area contributed by atoms with Crippen LogP contribution in [-0.2, 0) is 0 Å². The normalized spacial score (nSPS) is 18.6. The maximum Gasteiger partial charge on any atom is 0.161 e. The third-order valence-corrected chi connectivity index (χ3v) is 2.15. The minimum absolute atomic E-state index is 0.0181. The van der Waals surface area contributed by atoms with Crippen LogP contribution in [0.1, 0.15) is 12.8 Å². The predicted molar refractivity (Wildman–Crippen MR) is 51.2 cm³/mol. The van der Waals surface area contributed by atoms with Crippen molar-refractivity contribution in [2.24, 2.45) is 0 Å². The van der Waals surface area contributed by atoms with Crippen LogP contribution in [0.2, 0.25) is 0 Å². The Balaban J connectivity index is 2.03. The molecule has 0 amide bonds. The van der Waals surface area contributed by atoms with Gasteiger partial charge in [0.15, 0.2) is 11.5 Å². The summed E-state index contributed by atoms with van der Waals surface area (Å²) < 4.78 is 11.2. The third-order valence-electron chi connectivity index (χ3n) is 2.15. The van der Waals surface area contributed by atoms with Crippen molar-refractivity contribution >= 4 is 0 Å². The Kier molecular flexibility index (Phi) is 2.55. The first kappa shape index (κ1) is 8.89. The SMILES string of the molecule is N#CCCC1COc2ccccc2O1. The molecule has 0 fully saturated rings. The third kappa shape index (κ3) is 1.80. The van der Waals surface area contributed by atoms with E-state index in [0.717, 1.165) is 17.9 Å². The summed E-state index contributed by atoms with van der Waals surface area (Å²) in [5, 5.41) is 8.45. The molecule has 0 bridgehead atoms. The standard InChI is InChI=1S/C11H11NO2/c12-7-3-4-9-8-13-10-5-1-2-6-11(10)14-9/h1-2,5-6,9H,3-4,8H2. The van der Waals surface area contributed by atoms with Crippen LogP contribution in [0.4, 0.5) is 0 Å². The van der Waals surface area contributed by atoms with Gasteiger partial charge in [0.1, 0.15) is 12.7 Å². The van der Waals surface area contributed by atoms with E-state index in [2.05, 4.69) is 6.07 Å². The van der Waals surface area contributed by atoms with Gasteiger partial charge in [0.05, 0.1) is 6.07 Å². The summed E-state index contributed by atoms with van der Waals surface area (Å²) in [7, 11) is 0. The van der Waals surface area contributed by atoms with Crippen molar-refractivity contribution < 1.29 is 9.47 Å². The zero-order valence-corrected chi connectivity index (χ0v) is 7.77. The van der Waals surface area contributed by atoms with Gasteiger partial charge < -0.3 is 9.47 Å². The number of benzene rings is 1. The van der Waals surface area contributed by atoms with E-state index in [1.165, 1.54) is 0 Å².